The number of carbonyl (C=O) groups excluding carboxylic acids is 1. The molecule has 2 aromatic carbocycles. The summed E-state index contributed by atoms with van der Waals surface area (Å²) >= 11 is 6.33. The molecular weight excluding hydrogens is 398 g/mol. The van der Waals surface area contributed by atoms with Crippen LogP contribution in [0.15, 0.2) is 42.5 Å². The van der Waals surface area contributed by atoms with E-state index in [1.54, 1.807) is 0 Å². The Balaban J connectivity index is 1.53. The zero-order valence-electron chi connectivity index (χ0n) is 17.8. The third-order valence-electron chi connectivity index (χ3n) is 6.30. The lowest BCUT2D eigenvalue weighted by molar-refractivity contribution is -0.153. The molecule has 2 atom stereocenters. The predicted octanol–water partition coefficient (Wildman–Crippen LogP) is 6.35. The van der Waals surface area contributed by atoms with Crippen molar-refractivity contribution >= 4 is 17.6 Å². The second kappa shape index (κ2) is 9.40. The van der Waals surface area contributed by atoms with Gasteiger partial charge in [-0.15, -0.1) is 0 Å². The van der Waals surface area contributed by atoms with Crippen LogP contribution in [-0.4, -0.2) is 30.7 Å². The highest BCUT2D eigenvalue weighted by molar-refractivity contribution is 6.30. The van der Waals surface area contributed by atoms with Gasteiger partial charge >= 0.3 is 5.97 Å². The van der Waals surface area contributed by atoms with Crippen molar-refractivity contribution in [2.24, 2.45) is 5.92 Å². The van der Waals surface area contributed by atoms with E-state index in [1.165, 1.54) is 5.56 Å². The van der Waals surface area contributed by atoms with Crippen LogP contribution in [0.3, 0.4) is 0 Å². The summed E-state index contributed by atoms with van der Waals surface area (Å²) in [7, 11) is 0. The van der Waals surface area contributed by atoms with Crippen molar-refractivity contribution in [2.45, 2.75) is 51.4 Å². The van der Waals surface area contributed by atoms with Crippen LogP contribution < -0.4 is 4.74 Å². The van der Waals surface area contributed by atoms with Crippen LogP contribution in [0.1, 0.15) is 62.5 Å². The molecule has 4 nitrogen and oxygen atoms in total. The highest BCUT2D eigenvalue weighted by Crippen LogP contribution is 2.50. The maximum absolute atomic E-state index is 12.6. The van der Waals surface area contributed by atoms with E-state index in [1.807, 2.05) is 30.3 Å². The number of fused-ring (bicyclic) bond motifs is 5. The number of nitrogens with zero attached hydrogens (tertiary/aromatic N) is 1. The molecule has 2 unspecified atom stereocenters. The molecule has 2 heterocycles. The number of halogens is 1. The summed E-state index contributed by atoms with van der Waals surface area (Å²) < 4.78 is 12.0. The van der Waals surface area contributed by atoms with Gasteiger partial charge in [-0.1, -0.05) is 56.5 Å². The summed E-state index contributed by atoms with van der Waals surface area (Å²) in [4.78, 5) is 14.8. The predicted molar refractivity (Wildman–Crippen MR) is 119 cm³/mol. The Labute approximate surface area is 184 Å². The summed E-state index contributed by atoms with van der Waals surface area (Å²) in [5.74, 6) is 2.26. The molecule has 0 saturated carbocycles. The number of ether oxygens (including phenoxy) is 2. The fourth-order valence-electron chi connectivity index (χ4n) is 4.87. The van der Waals surface area contributed by atoms with Gasteiger partial charge in [0.2, 0.25) is 0 Å². The van der Waals surface area contributed by atoms with E-state index in [4.69, 9.17) is 21.1 Å². The molecule has 1 fully saturated rings. The first-order valence-electron chi connectivity index (χ1n) is 11.1. The van der Waals surface area contributed by atoms with Gasteiger partial charge in [-0.25, -0.2) is 0 Å². The van der Waals surface area contributed by atoms with Gasteiger partial charge in [0.05, 0.1) is 5.92 Å². The second-order valence-corrected chi connectivity index (χ2v) is 8.87. The van der Waals surface area contributed by atoms with E-state index in [-0.39, 0.29) is 23.7 Å². The summed E-state index contributed by atoms with van der Waals surface area (Å²) in [6.45, 7) is 6.22. The van der Waals surface area contributed by atoms with E-state index in [0.717, 1.165) is 55.8 Å². The largest absolute Gasteiger partial charge is 0.457 e. The van der Waals surface area contributed by atoms with Gasteiger partial charge in [0.25, 0.3) is 0 Å². The molecule has 2 aromatic rings. The minimum Gasteiger partial charge on any atom is -0.457 e. The number of benzene rings is 2. The molecule has 5 heteroatoms. The smallest absolute Gasteiger partial charge is 0.310 e. The number of hydrogen-bond acceptors (Lipinski definition) is 4. The van der Waals surface area contributed by atoms with Crippen LogP contribution in [0.2, 0.25) is 5.02 Å². The standard InChI is InChI=1S/C25H30ClNO3/c1-3-7-17(8-4-2)25(28)29-16-27-14-21-19-9-5-6-10-23(19)30-24-12-11-18(26)13-20(24)22(21)15-27/h5-6,9-13,17,21-22H,3-4,7-8,14-16H2,1-2H3. The average molecular weight is 428 g/mol. The van der Waals surface area contributed by atoms with Crippen molar-refractivity contribution in [2.75, 3.05) is 19.8 Å². The fourth-order valence-corrected chi connectivity index (χ4v) is 5.05. The van der Waals surface area contributed by atoms with Crippen LogP contribution in [0.25, 0.3) is 0 Å². The molecule has 2 aliphatic heterocycles. The van der Waals surface area contributed by atoms with Gasteiger partial charge in [-0.05, 0) is 42.7 Å². The first kappa shape index (κ1) is 21.2. The normalized spacial score (nSPS) is 20.1. The Morgan fingerprint density at radius 1 is 1.07 bits per heavy atom. The summed E-state index contributed by atoms with van der Waals surface area (Å²) in [6.07, 6.45) is 3.80. The maximum Gasteiger partial charge on any atom is 0.310 e. The van der Waals surface area contributed by atoms with E-state index >= 15 is 0 Å². The summed E-state index contributed by atoms with van der Waals surface area (Å²) in [5, 5.41) is 0.717. The Hall–Kier alpha value is -2.04. The van der Waals surface area contributed by atoms with Crippen LogP contribution >= 0.6 is 11.6 Å². The molecule has 0 aliphatic carbocycles. The molecular formula is C25H30ClNO3. The summed E-state index contributed by atoms with van der Waals surface area (Å²) in [5.41, 5.74) is 2.34. The Kier molecular flexibility index (Phi) is 6.64. The number of carbonyl (C=O) groups is 1. The molecule has 1 saturated heterocycles. The monoisotopic (exact) mass is 427 g/mol. The molecule has 0 N–H and O–H groups in total. The Morgan fingerprint density at radius 3 is 2.47 bits per heavy atom. The molecule has 4 rings (SSSR count). The zero-order valence-corrected chi connectivity index (χ0v) is 18.5. The number of esters is 1. The van der Waals surface area contributed by atoms with Gasteiger partial charge in [0.15, 0.2) is 0 Å². The van der Waals surface area contributed by atoms with Gasteiger partial charge < -0.3 is 9.47 Å². The number of rotatable bonds is 7. The van der Waals surface area contributed by atoms with E-state index in [9.17, 15) is 4.79 Å². The first-order valence-corrected chi connectivity index (χ1v) is 11.4. The van der Waals surface area contributed by atoms with Gasteiger partial charge in [-0.3, -0.25) is 9.69 Å². The first-order chi connectivity index (χ1) is 14.6. The van der Waals surface area contributed by atoms with Crippen molar-refractivity contribution in [1.82, 2.24) is 4.90 Å². The molecule has 30 heavy (non-hydrogen) atoms. The Bertz CT molecular complexity index is 894. The third-order valence-corrected chi connectivity index (χ3v) is 6.54. The molecule has 0 aromatic heterocycles. The van der Waals surface area contributed by atoms with Gasteiger partial charge in [-0.2, -0.15) is 0 Å². The quantitative estimate of drug-likeness (QED) is 0.483. The van der Waals surface area contributed by atoms with E-state index in [2.05, 4.69) is 30.9 Å². The fraction of sp³-hybridized carbons (Fsp3) is 0.480. The summed E-state index contributed by atoms with van der Waals surface area (Å²) in [6, 6.07) is 14.1. The molecule has 0 amide bonds. The van der Waals surface area contributed by atoms with E-state index in [0.29, 0.717) is 11.8 Å². The third kappa shape index (κ3) is 4.35. The SMILES string of the molecule is CCCC(CCC)C(=O)OCN1CC2c3ccccc3Oc3ccc(Cl)cc3C2C1. The molecule has 0 bridgehead atoms. The lowest BCUT2D eigenvalue weighted by Crippen LogP contribution is -2.28. The van der Waals surface area contributed by atoms with Crippen LogP contribution in [0.5, 0.6) is 11.5 Å². The highest BCUT2D eigenvalue weighted by atomic mass is 35.5. The maximum atomic E-state index is 12.6. The zero-order chi connectivity index (χ0) is 21.1. The van der Waals surface area contributed by atoms with Crippen molar-refractivity contribution in [3.8, 4) is 11.5 Å². The topological polar surface area (TPSA) is 38.8 Å². The number of hydrogen-bond donors (Lipinski definition) is 0. The van der Waals surface area contributed by atoms with Crippen molar-refractivity contribution in [1.29, 1.82) is 0 Å². The highest BCUT2D eigenvalue weighted by Gasteiger charge is 2.40. The van der Waals surface area contributed by atoms with E-state index < -0.39 is 0 Å². The minimum atomic E-state index is -0.0574. The average Bonchev–Trinajstić information content (AvgIpc) is 3.12. The van der Waals surface area contributed by atoms with Crippen molar-refractivity contribution in [3.05, 3.63) is 58.6 Å². The molecule has 160 valence electrons. The van der Waals surface area contributed by atoms with Crippen LogP contribution in [0.4, 0.5) is 0 Å². The lowest BCUT2D eigenvalue weighted by Gasteiger charge is -2.20. The van der Waals surface area contributed by atoms with Crippen molar-refractivity contribution < 1.29 is 14.3 Å². The number of para-hydroxylation sites is 1. The van der Waals surface area contributed by atoms with Gasteiger partial charge in [0, 0.05) is 35.5 Å². The van der Waals surface area contributed by atoms with Crippen LogP contribution in [0, 0.1) is 5.92 Å². The molecule has 2 aliphatic rings. The number of likely N-dealkylation sites (tertiary alicyclic amines) is 1. The minimum absolute atomic E-state index is 0.0155. The second-order valence-electron chi connectivity index (χ2n) is 8.44. The van der Waals surface area contributed by atoms with Gasteiger partial charge in [0.1, 0.15) is 18.2 Å². The van der Waals surface area contributed by atoms with Crippen molar-refractivity contribution in [3.63, 3.8) is 0 Å². The molecule has 0 radical (unpaired) electrons. The lowest BCUT2D eigenvalue weighted by atomic mass is 9.84. The van der Waals surface area contributed by atoms with Crippen LogP contribution in [-0.2, 0) is 9.53 Å². The molecule has 0 spiro atoms. The Morgan fingerprint density at radius 2 is 1.73 bits per heavy atom.